The smallest absolute Gasteiger partial charge is 0.401 e. The van der Waals surface area contributed by atoms with Crippen LogP contribution in [0.4, 0.5) is 13.2 Å². The number of halogens is 4. The van der Waals surface area contributed by atoms with Gasteiger partial charge in [-0.15, -0.1) is 0 Å². The fourth-order valence-corrected chi connectivity index (χ4v) is 3.03. The van der Waals surface area contributed by atoms with Crippen molar-refractivity contribution in [2.75, 3.05) is 31.6 Å². The molecule has 2 nitrogen and oxygen atoms in total. The average Bonchev–Trinajstić information content (AvgIpc) is 2.37. The quantitative estimate of drug-likeness (QED) is 0.748. The van der Waals surface area contributed by atoms with Gasteiger partial charge in [0.2, 0.25) is 0 Å². The van der Waals surface area contributed by atoms with Gasteiger partial charge in [-0.2, -0.15) is 13.2 Å². The van der Waals surface area contributed by atoms with E-state index in [0.29, 0.717) is 25.0 Å². The van der Waals surface area contributed by atoms with Crippen molar-refractivity contribution in [2.24, 2.45) is 0 Å². The Morgan fingerprint density at radius 3 is 2.75 bits per heavy atom. The molecule has 0 saturated carbocycles. The lowest BCUT2D eigenvalue weighted by Crippen LogP contribution is -2.39. The maximum Gasteiger partial charge on any atom is 0.401 e. The summed E-state index contributed by atoms with van der Waals surface area (Å²) in [5.74, 6) is 0.899. The molecule has 20 heavy (non-hydrogen) atoms. The predicted octanol–water partition coefficient (Wildman–Crippen LogP) is 3.81. The molecule has 0 bridgehead atoms. The number of alkyl halides is 4. The van der Waals surface area contributed by atoms with Crippen LogP contribution >= 0.6 is 15.9 Å². The second kappa shape index (κ2) is 6.80. The minimum atomic E-state index is -4.16. The zero-order chi connectivity index (χ0) is 14.6. The van der Waals surface area contributed by atoms with Crippen molar-refractivity contribution in [1.82, 2.24) is 4.90 Å². The number of hydrogen-bond donors (Lipinski definition) is 0. The highest BCUT2D eigenvalue weighted by molar-refractivity contribution is 9.09. The molecule has 0 saturated heterocycles. The van der Waals surface area contributed by atoms with Gasteiger partial charge in [0.25, 0.3) is 0 Å². The van der Waals surface area contributed by atoms with Gasteiger partial charge in [-0.25, -0.2) is 0 Å². The Balaban J connectivity index is 2.07. The Kier molecular flexibility index (Phi) is 5.32. The van der Waals surface area contributed by atoms with E-state index >= 15 is 0 Å². The van der Waals surface area contributed by atoms with Crippen LogP contribution < -0.4 is 4.74 Å². The first-order valence-electron chi connectivity index (χ1n) is 6.56. The first-order valence-corrected chi connectivity index (χ1v) is 7.68. The standard InChI is InChI=1S/C14H17BrF3NO/c15-6-7-19(10-14(16,17)18)9-11-5-8-20-13-4-2-1-3-12(11)13/h1-4,11H,5-10H2. The maximum absolute atomic E-state index is 12.6. The summed E-state index contributed by atoms with van der Waals surface area (Å²) in [4.78, 5) is 1.46. The lowest BCUT2D eigenvalue weighted by atomic mass is 9.92. The summed E-state index contributed by atoms with van der Waals surface area (Å²) < 4.78 is 43.3. The van der Waals surface area contributed by atoms with E-state index in [9.17, 15) is 13.2 Å². The molecular weight excluding hydrogens is 335 g/mol. The van der Waals surface area contributed by atoms with Gasteiger partial charge >= 0.3 is 6.18 Å². The maximum atomic E-state index is 12.6. The van der Waals surface area contributed by atoms with E-state index < -0.39 is 12.7 Å². The Morgan fingerprint density at radius 2 is 2.05 bits per heavy atom. The predicted molar refractivity (Wildman–Crippen MR) is 75.6 cm³/mol. The van der Waals surface area contributed by atoms with Crippen LogP contribution in [0.15, 0.2) is 24.3 Å². The molecule has 1 atom stereocenters. The summed E-state index contributed by atoms with van der Waals surface area (Å²) in [6.45, 7) is 0.499. The molecule has 1 aromatic carbocycles. The van der Waals surface area contributed by atoms with Gasteiger partial charge in [0.05, 0.1) is 13.2 Å². The van der Waals surface area contributed by atoms with Crippen LogP contribution in [0.25, 0.3) is 0 Å². The Bertz CT molecular complexity index is 439. The molecule has 1 unspecified atom stereocenters. The highest BCUT2D eigenvalue weighted by Crippen LogP contribution is 2.34. The molecule has 0 radical (unpaired) electrons. The van der Waals surface area contributed by atoms with Gasteiger partial charge in [0, 0.05) is 24.3 Å². The molecule has 0 aromatic heterocycles. The number of benzene rings is 1. The lowest BCUT2D eigenvalue weighted by Gasteiger charge is -2.31. The van der Waals surface area contributed by atoms with Crippen LogP contribution in [0, 0.1) is 0 Å². The zero-order valence-electron chi connectivity index (χ0n) is 11.0. The minimum Gasteiger partial charge on any atom is -0.493 e. The van der Waals surface area contributed by atoms with E-state index in [0.717, 1.165) is 17.7 Å². The largest absolute Gasteiger partial charge is 0.493 e. The van der Waals surface area contributed by atoms with E-state index in [1.165, 1.54) is 4.90 Å². The van der Waals surface area contributed by atoms with Gasteiger partial charge in [-0.3, -0.25) is 4.90 Å². The van der Waals surface area contributed by atoms with Crippen LogP contribution in [0.5, 0.6) is 5.75 Å². The lowest BCUT2D eigenvalue weighted by molar-refractivity contribution is -0.145. The van der Waals surface area contributed by atoms with Crippen LogP contribution in [-0.2, 0) is 0 Å². The summed E-state index contributed by atoms with van der Waals surface area (Å²) in [6, 6.07) is 7.60. The molecule has 1 aliphatic heterocycles. The van der Waals surface area contributed by atoms with Crippen LogP contribution in [0.3, 0.4) is 0 Å². The van der Waals surface area contributed by atoms with Gasteiger partial charge in [-0.1, -0.05) is 34.1 Å². The topological polar surface area (TPSA) is 12.5 Å². The monoisotopic (exact) mass is 351 g/mol. The fourth-order valence-electron chi connectivity index (χ4n) is 2.53. The average molecular weight is 352 g/mol. The zero-order valence-corrected chi connectivity index (χ0v) is 12.6. The SMILES string of the molecule is FC(F)(F)CN(CCBr)CC1CCOc2ccccc21. The second-order valence-corrected chi connectivity index (χ2v) is 5.70. The second-order valence-electron chi connectivity index (χ2n) is 4.91. The molecule has 6 heteroatoms. The van der Waals surface area contributed by atoms with E-state index in [-0.39, 0.29) is 5.92 Å². The Labute approximate surface area is 125 Å². The highest BCUT2D eigenvalue weighted by atomic mass is 79.9. The van der Waals surface area contributed by atoms with Crippen molar-refractivity contribution in [3.8, 4) is 5.75 Å². The fraction of sp³-hybridized carbons (Fsp3) is 0.571. The number of para-hydroxylation sites is 1. The van der Waals surface area contributed by atoms with Gasteiger partial charge < -0.3 is 4.74 Å². The van der Waals surface area contributed by atoms with Gasteiger partial charge in [0.1, 0.15) is 5.75 Å². The summed E-state index contributed by atoms with van der Waals surface area (Å²) in [5.41, 5.74) is 1.01. The highest BCUT2D eigenvalue weighted by Gasteiger charge is 2.32. The van der Waals surface area contributed by atoms with Crippen molar-refractivity contribution in [1.29, 1.82) is 0 Å². The molecule has 1 aliphatic rings. The van der Waals surface area contributed by atoms with E-state index in [1.807, 2.05) is 24.3 Å². The normalized spacial score (nSPS) is 18.8. The number of fused-ring (bicyclic) bond motifs is 1. The van der Waals surface area contributed by atoms with Crippen molar-refractivity contribution in [3.63, 3.8) is 0 Å². The summed E-state index contributed by atoms with van der Waals surface area (Å²) in [6.07, 6.45) is -3.40. The number of nitrogens with zero attached hydrogens (tertiary/aromatic N) is 1. The van der Waals surface area contributed by atoms with Gasteiger partial charge in [0.15, 0.2) is 0 Å². The van der Waals surface area contributed by atoms with Crippen molar-refractivity contribution < 1.29 is 17.9 Å². The first kappa shape index (κ1) is 15.6. The third-order valence-electron chi connectivity index (χ3n) is 3.36. The first-order chi connectivity index (χ1) is 9.49. The molecular formula is C14H17BrF3NO. The van der Waals surface area contributed by atoms with E-state index in [4.69, 9.17) is 4.74 Å². The van der Waals surface area contributed by atoms with Crippen molar-refractivity contribution >= 4 is 15.9 Å². The summed E-state index contributed by atoms with van der Waals surface area (Å²) >= 11 is 3.22. The molecule has 0 amide bonds. The molecule has 0 N–H and O–H groups in total. The van der Waals surface area contributed by atoms with E-state index in [1.54, 1.807) is 0 Å². The molecule has 1 aromatic rings. The third kappa shape index (κ3) is 4.38. The summed E-state index contributed by atoms with van der Waals surface area (Å²) in [7, 11) is 0. The molecule has 0 spiro atoms. The molecule has 0 aliphatic carbocycles. The molecule has 1 heterocycles. The number of hydrogen-bond acceptors (Lipinski definition) is 2. The minimum absolute atomic E-state index is 0.0985. The Morgan fingerprint density at radius 1 is 1.30 bits per heavy atom. The van der Waals surface area contributed by atoms with Crippen molar-refractivity contribution in [2.45, 2.75) is 18.5 Å². The molecule has 2 rings (SSSR count). The van der Waals surface area contributed by atoms with Crippen LogP contribution in [0.2, 0.25) is 0 Å². The molecule has 0 fully saturated rings. The van der Waals surface area contributed by atoms with Gasteiger partial charge in [-0.05, 0) is 18.1 Å². The third-order valence-corrected chi connectivity index (χ3v) is 3.72. The van der Waals surface area contributed by atoms with Crippen LogP contribution in [0.1, 0.15) is 17.9 Å². The number of rotatable bonds is 5. The Hall–Kier alpha value is -0.750. The number of ether oxygens (including phenoxy) is 1. The molecule has 112 valence electrons. The van der Waals surface area contributed by atoms with Crippen molar-refractivity contribution in [3.05, 3.63) is 29.8 Å². The summed E-state index contributed by atoms with van der Waals surface area (Å²) in [5, 5.41) is 0.536. The van der Waals surface area contributed by atoms with Crippen LogP contribution in [-0.4, -0.2) is 42.6 Å². The van der Waals surface area contributed by atoms with E-state index in [2.05, 4.69) is 15.9 Å².